The largest absolute Gasteiger partial charge is 0.391 e. The van der Waals surface area contributed by atoms with Crippen molar-refractivity contribution in [2.75, 3.05) is 0 Å². The number of hydrogen-bond acceptors (Lipinski definition) is 2. The van der Waals surface area contributed by atoms with E-state index in [9.17, 15) is 13.6 Å². The van der Waals surface area contributed by atoms with Gasteiger partial charge in [-0.25, -0.2) is 8.78 Å². The first-order valence-corrected chi connectivity index (χ1v) is 7.35. The normalized spacial score (nSPS) is 17.3. The molecule has 1 amide bonds. The van der Waals surface area contributed by atoms with Crippen LogP contribution in [0.2, 0.25) is 0 Å². The lowest BCUT2D eigenvalue weighted by atomic mass is 9.81. The molecule has 3 nitrogen and oxygen atoms in total. The Labute approximate surface area is 127 Å². The van der Waals surface area contributed by atoms with Gasteiger partial charge in [-0.05, 0) is 31.4 Å². The van der Waals surface area contributed by atoms with Crippen molar-refractivity contribution in [1.29, 1.82) is 0 Å². The number of benzene rings is 1. The van der Waals surface area contributed by atoms with E-state index in [0.29, 0.717) is 12.8 Å². The number of thiocarbonyl (C=S) groups is 1. The highest BCUT2D eigenvalue weighted by molar-refractivity contribution is 7.80. The lowest BCUT2D eigenvalue weighted by Crippen LogP contribution is -2.57. The van der Waals surface area contributed by atoms with Crippen LogP contribution < -0.4 is 11.1 Å². The number of aryl methyl sites for hydroxylation is 1. The fraction of sp³-hybridized carbons (Fsp3) is 0.467. The number of nitrogens with one attached hydrogen (secondary N) is 1. The quantitative estimate of drug-likeness (QED) is 0.844. The standard InChI is InChI=1S/C15H18F2N2OS/c1-9-5-6-10(16)11(12(9)17)13(20)19-15(14(18)21)7-3-2-4-8-15/h5-6H,2-4,7-8H2,1H3,(H2,18,21)(H,19,20). The summed E-state index contributed by atoms with van der Waals surface area (Å²) in [6.45, 7) is 1.48. The van der Waals surface area contributed by atoms with Crippen LogP contribution >= 0.6 is 12.2 Å². The zero-order valence-corrected chi connectivity index (χ0v) is 12.7. The summed E-state index contributed by atoms with van der Waals surface area (Å²) in [5, 5.41) is 2.67. The third-order valence-corrected chi connectivity index (χ3v) is 4.43. The van der Waals surface area contributed by atoms with E-state index in [2.05, 4.69) is 5.32 Å². The summed E-state index contributed by atoms with van der Waals surface area (Å²) in [5.74, 6) is -2.53. The topological polar surface area (TPSA) is 55.1 Å². The summed E-state index contributed by atoms with van der Waals surface area (Å²) in [6, 6.07) is 2.38. The maximum atomic E-state index is 14.0. The van der Waals surface area contributed by atoms with Crippen molar-refractivity contribution < 1.29 is 13.6 Å². The Morgan fingerprint density at radius 3 is 2.48 bits per heavy atom. The summed E-state index contributed by atoms with van der Waals surface area (Å²) in [5.41, 5.74) is 4.57. The van der Waals surface area contributed by atoms with Gasteiger partial charge in [0.2, 0.25) is 0 Å². The second-order valence-corrected chi connectivity index (χ2v) is 5.95. The minimum Gasteiger partial charge on any atom is -0.391 e. The molecule has 3 N–H and O–H groups in total. The molecule has 1 saturated carbocycles. The number of nitrogens with two attached hydrogens (primary N) is 1. The van der Waals surface area contributed by atoms with E-state index in [4.69, 9.17) is 18.0 Å². The Morgan fingerprint density at radius 2 is 1.90 bits per heavy atom. The maximum absolute atomic E-state index is 14.0. The van der Waals surface area contributed by atoms with Crippen LogP contribution in [0, 0.1) is 18.6 Å². The third-order valence-electron chi connectivity index (χ3n) is 4.04. The predicted molar refractivity (Wildman–Crippen MR) is 81.2 cm³/mol. The second-order valence-electron chi connectivity index (χ2n) is 5.51. The predicted octanol–water partition coefficient (Wildman–Crippen LogP) is 2.99. The van der Waals surface area contributed by atoms with E-state index in [-0.39, 0.29) is 10.6 Å². The highest BCUT2D eigenvalue weighted by atomic mass is 32.1. The first-order valence-electron chi connectivity index (χ1n) is 6.94. The van der Waals surface area contributed by atoms with Crippen molar-refractivity contribution >= 4 is 23.1 Å². The van der Waals surface area contributed by atoms with Gasteiger partial charge in [0.25, 0.3) is 5.91 Å². The molecule has 1 aromatic rings. The van der Waals surface area contributed by atoms with Crippen LogP contribution in [0.1, 0.15) is 48.0 Å². The smallest absolute Gasteiger partial charge is 0.258 e. The Hall–Kier alpha value is -1.56. The molecule has 0 heterocycles. The van der Waals surface area contributed by atoms with Crippen LogP contribution in [-0.4, -0.2) is 16.4 Å². The number of amides is 1. The van der Waals surface area contributed by atoms with Gasteiger partial charge in [0.1, 0.15) is 17.2 Å². The van der Waals surface area contributed by atoms with Crippen molar-refractivity contribution in [3.05, 3.63) is 34.9 Å². The summed E-state index contributed by atoms with van der Waals surface area (Å²) in [4.78, 5) is 12.5. The number of carbonyl (C=O) groups is 1. The van der Waals surface area contributed by atoms with E-state index in [0.717, 1.165) is 25.3 Å². The van der Waals surface area contributed by atoms with Crippen molar-refractivity contribution in [3.63, 3.8) is 0 Å². The molecule has 0 aliphatic heterocycles. The van der Waals surface area contributed by atoms with Gasteiger partial charge in [-0.1, -0.05) is 37.5 Å². The van der Waals surface area contributed by atoms with Crippen molar-refractivity contribution in [1.82, 2.24) is 5.32 Å². The number of halogens is 2. The fourth-order valence-corrected chi connectivity index (χ4v) is 2.99. The van der Waals surface area contributed by atoms with Crippen molar-refractivity contribution in [2.24, 2.45) is 5.73 Å². The molecule has 21 heavy (non-hydrogen) atoms. The molecular formula is C15H18F2N2OS. The molecule has 0 radical (unpaired) electrons. The molecule has 0 atom stereocenters. The summed E-state index contributed by atoms with van der Waals surface area (Å²) in [7, 11) is 0. The molecule has 1 fully saturated rings. The number of rotatable bonds is 3. The van der Waals surface area contributed by atoms with E-state index in [1.807, 2.05) is 0 Å². The van der Waals surface area contributed by atoms with E-state index in [1.165, 1.54) is 13.0 Å². The van der Waals surface area contributed by atoms with Gasteiger partial charge in [0.15, 0.2) is 0 Å². The van der Waals surface area contributed by atoms with E-state index >= 15 is 0 Å². The molecule has 0 saturated heterocycles. The zero-order chi connectivity index (χ0) is 15.6. The molecule has 1 aromatic carbocycles. The molecule has 0 unspecified atom stereocenters. The van der Waals surface area contributed by atoms with Gasteiger partial charge in [-0.15, -0.1) is 0 Å². The summed E-state index contributed by atoms with van der Waals surface area (Å²) < 4.78 is 27.8. The van der Waals surface area contributed by atoms with Crippen LogP contribution in [0.25, 0.3) is 0 Å². The molecule has 1 aliphatic carbocycles. The van der Waals surface area contributed by atoms with E-state index < -0.39 is 28.6 Å². The van der Waals surface area contributed by atoms with Gasteiger partial charge < -0.3 is 11.1 Å². The molecular weight excluding hydrogens is 294 g/mol. The van der Waals surface area contributed by atoms with Crippen LogP contribution in [0.5, 0.6) is 0 Å². The van der Waals surface area contributed by atoms with Crippen LogP contribution in [-0.2, 0) is 0 Å². The average Bonchev–Trinajstić information content (AvgIpc) is 2.44. The van der Waals surface area contributed by atoms with Gasteiger partial charge in [-0.2, -0.15) is 0 Å². The van der Waals surface area contributed by atoms with Gasteiger partial charge in [0, 0.05) is 0 Å². The minimum atomic E-state index is -0.885. The van der Waals surface area contributed by atoms with Crippen molar-refractivity contribution in [2.45, 2.75) is 44.6 Å². The molecule has 2 rings (SSSR count). The molecule has 0 spiro atoms. The second kappa shape index (κ2) is 6.05. The lowest BCUT2D eigenvalue weighted by Gasteiger charge is -2.37. The third kappa shape index (κ3) is 3.05. The van der Waals surface area contributed by atoms with Crippen LogP contribution in [0.4, 0.5) is 8.78 Å². The Kier molecular flexibility index (Phi) is 4.56. The van der Waals surface area contributed by atoms with Crippen LogP contribution in [0.15, 0.2) is 12.1 Å². The number of carbonyl (C=O) groups excluding carboxylic acids is 1. The molecule has 0 aromatic heterocycles. The number of hydrogen-bond donors (Lipinski definition) is 2. The van der Waals surface area contributed by atoms with Gasteiger partial charge in [0.05, 0.1) is 10.5 Å². The molecule has 0 bridgehead atoms. The Morgan fingerprint density at radius 1 is 1.29 bits per heavy atom. The fourth-order valence-electron chi connectivity index (χ4n) is 2.73. The first kappa shape index (κ1) is 15.8. The Bertz CT molecular complexity index is 583. The lowest BCUT2D eigenvalue weighted by molar-refractivity contribution is 0.0899. The molecule has 114 valence electrons. The highest BCUT2D eigenvalue weighted by Crippen LogP contribution is 2.29. The average molecular weight is 312 g/mol. The van der Waals surface area contributed by atoms with E-state index in [1.54, 1.807) is 0 Å². The maximum Gasteiger partial charge on any atom is 0.258 e. The SMILES string of the molecule is Cc1ccc(F)c(C(=O)NC2(C(N)=S)CCCCC2)c1F. The van der Waals surface area contributed by atoms with Gasteiger partial charge >= 0.3 is 0 Å². The molecule has 6 heteroatoms. The van der Waals surface area contributed by atoms with Gasteiger partial charge in [-0.3, -0.25) is 4.79 Å². The summed E-state index contributed by atoms with van der Waals surface area (Å²) >= 11 is 5.06. The Balaban J connectivity index is 2.32. The highest BCUT2D eigenvalue weighted by Gasteiger charge is 2.37. The zero-order valence-electron chi connectivity index (χ0n) is 11.8. The molecule has 1 aliphatic rings. The monoisotopic (exact) mass is 312 g/mol. The minimum absolute atomic E-state index is 0.170. The first-order chi connectivity index (χ1) is 9.87. The summed E-state index contributed by atoms with van der Waals surface area (Å²) in [6.07, 6.45) is 3.98. The van der Waals surface area contributed by atoms with Crippen molar-refractivity contribution in [3.8, 4) is 0 Å². The van der Waals surface area contributed by atoms with Crippen LogP contribution in [0.3, 0.4) is 0 Å².